The number of hydrogen-bond donors (Lipinski definition) is 3. The van der Waals surface area contributed by atoms with Crippen molar-refractivity contribution in [3.63, 3.8) is 0 Å². The Morgan fingerprint density at radius 3 is 2.53 bits per heavy atom. The standard InChI is InChI=1S/C13H19N3O3/c14-10-1-2-12(11(9-10)13(18)19)16-5-3-15(4-6-16)7-8-17/h1-2,9,17H,3-8,14H2,(H,18,19). The van der Waals surface area contributed by atoms with Crippen molar-refractivity contribution in [3.05, 3.63) is 23.8 Å². The lowest BCUT2D eigenvalue weighted by Crippen LogP contribution is -2.47. The molecule has 0 amide bonds. The fourth-order valence-electron chi connectivity index (χ4n) is 2.35. The van der Waals surface area contributed by atoms with Crippen molar-refractivity contribution in [2.75, 3.05) is 50.0 Å². The van der Waals surface area contributed by atoms with Gasteiger partial charge in [0.2, 0.25) is 0 Å². The van der Waals surface area contributed by atoms with Crippen LogP contribution >= 0.6 is 0 Å². The first-order valence-electron chi connectivity index (χ1n) is 6.33. The first-order chi connectivity index (χ1) is 9.11. The molecule has 0 atom stereocenters. The van der Waals surface area contributed by atoms with E-state index in [0.717, 1.165) is 26.2 Å². The van der Waals surface area contributed by atoms with Gasteiger partial charge in [0.1, 0.15) is 0 Å². The third kappa shape index (κ3) is 3.15. The summed E-state index contributed by atoms with van der Waals surface area (Å²) in [5.41, 5.74) is 7.06. The molecule has 0 bridgehead atoms. The lowest BCUT2D eigenvalue weighted by molar-refractivity contribution is 0.0697. The van der Waals surface area contributed by atoms with Gasteiger partial charge in [0.05, 0.1) is 17.9 Å². The molecule has 0 aromatic heterocycles. The molecular weight excluding hydrogens is 246 g/mol. The molecule has 1 aromatic carbocycles. The Morgan fingerprint density at radius 1 is 1.26 bits per heavy atom. The number of nitrogen functional groups attached to an aromatic ring is 1. The number of carboxylic acid groups (broad SMARTS) is 1. The number of nitrogens with zero attached hydrogens (tertiary/aromatic N) is 2. The van der Waals surface area contributed by atoms with E-state index in [-0.39, 0.29) is 12.2 Å². The molecular formula is C13H19N3O3. The summed E-state index contributed by atoms with van der Waals surface area (Å²) < 4.78 is 0. The van der Waals surface area contributed by atoms with Gasteiger partial charge in [0, 0.05) is 38.4 Å². The van der Waals surface area contributed by atoms with E-state index in [1.165, 1.54) is 6.07 Å². The average Bonchev–Trinajstić information content (AvgIpc) is 2.40. The smallest absolute Gasteiger partial charge is 0.337 e. The number of piperazine rings is 1. The largest absolute Gasteiger partial charge is 0.478 e. The first-order valence-corrected chi connectivity index (χ1v) is 6.33. The summed E-state index contributed by atoms with van der Waals surface area (Å²) in [6.45, 7) is 3.98. The van der Waals surface area contributed by atoms with Gasteiger partial charge in [-0.1, -0.05) is 0 Å². The van der Waals surface area contributed by atoms with Crippen LogP contribution in [0.1, 0.15) is 10.4 Å². The normalized spacial score (nSPS) is 16.6. The average molecular weight is 265 g/mol. The van der Waals surface area contributed by atoms with Gasteiger partial charge in [0.15, 0.2) is 0 Å². The summed E-state index contributed by atoms with van der Waals surface area (Å²) in [5, 5.41) is 18.1. The van der Waals surface area contributed by atoms with Crippen LogP contribution in [0.3, 0.4) is 0 Å². The van der Waals surface area contributed by atoms with Crippen LogP contribution in [0.25, 0.3) is 0 Å². The predicted octanol–water partition coefficient (Wildman–Crippen LogP) is 0.0813. The monoisotopic (exact) mass is 265 g/mol. The zero-order valence-electron chi connectivity index (χ0n) is 10.7. The molecule has 4 N–H and O–H groups in total. The summed E-state index contributed by atoms with van der Waals surface area (Å²) >= 11 is 0. The van der Waals surface area contributed by atoms with E-state index in [2.05, 4.69) is 9.80 Å². The third-order valence-corrected chi connectivity index (χ3v) is 3.38. The SMILES string of the molecule is Nc1ccc(N2CCN(CCO)CC2)c(C(=O)O)c1. The number of carboxylic acids is 1. The molecule has 19 heavy (non-hydrogen) atoms. The minimum atomic E-state index is -0.958. The molecule has 1 heterocycles. The van der Waals surface area contributed by atoms with Crippen LogP contribution in [0.4, 0.5) is 11.4 Å². The van der Waals surface area contributed by atoms with Crippen molar-refractivity contribution in [1.29, 1.82) is 0 Å². The van der Waals surface area contributed by atoms with Crippen molar-refractivity contribution < 1.29 is 15.0 Å². The lowest BCUT2D eigenvalue weighted by atomic mass is 10.1. The Kier molecular flexibility index (Phi) is 4.24. The van der Waals surface area contributed by atoms with Gasteiger partial charge in [-0.05, 0) is 18.2 Å². The second kappa shape index (κ2) is 5.90. The molecule has 1 aromatic rings. The van der Waals surface area contributed by atoms with Crippen LogP contribution in [0.15, 0.2) is 18.2 Å². The zero-order chi connectivity index (χ0) is 13.8. The minimum absolute atomic E-state index is 0.155. The number of benzene rings is 1. The molecule has 0 radical (unpaired) electrons. The summed E-state index contributed by atoms with van der Waals surface area (Å²) in [4.78, 5) is 15.5. The van der Waals surface area contributed by atoms with Crippen molar-refractivity contribution in [3.8, 4) is 0 Å². The quantitative estimate of drug-likeness (QED) is 0.668. The Morgan fingerprint density at radius 2 is 1.95 bits per heavy atom. The first kappa shape index (κ1) is 13.6. The van der Waals surface area contributed by atoms with Gasteiger partial charge in [0.25, 0.3) is 0 Å². The van der Waals surface area contributed by atoms with E-state index in [4.69, 9.17) is 10.8 Å². The van der Waals surface area contributed by atoms with Crippen LogP contribution < -0.4 is 10.6 Å². The van der Waals surface area contributed by atoms with Crippen molar-refractivity contribution >= 4 is 17.3 Å². The topological polar surface area (TPSA) is 90.0 Å². The Bertz CT molecular complexity index is 456. The summed E-state index contributed by atoms with van der Waals surface area (Å²) in [6, 6.07) is 4.99. The van der Waals surface area contributed by atoms with Crippen molar-refractivity contribution in [2.45, 2.75) is 0 Å². The second-order valence-electron chi connectivity index (χ2n) is 4.63. The highest BCUT2D eigenvalue weighted by Crippen LogP contribution is 2.24. The van der Waals surface area contributed by atoms with Crippen molar-refractivity contribution in [2.24, 2.45) is 0 Å². The van der Waals surface area contributed by atoms with Gasteiger partial charge in [-0.15, -0.1) is 0 Å². The summed E-state index contributed by atoms with van der Waals surface area (Å²) in [7, 11) is 0. The molecule has 1 fully saturated rings. The van der Waals surface area contributed by atoms with Gasteiger partial charge in [-0.3, -0.25) is 4.90 Å². The maximum atomic E-state index is 11.3. The van der Waals surface area contributed by atoms with Crippen molar-refractivity contribution in [1.82, 2.24) is 4.90 Å². The number of aromatic carboxylic acids is 1. The highest BCUT2D eigenvalue weighted by atomic mass is 16.4. The zero-order valence-corrected chi connectivity index (χ0v) is 10.7. The molecule has 2 rings (SSSR count). The number of anilines is 2. The highest BCUT2D eigenvalue weighted by molar-refractivity contribution is 5.95. The lowest BCUT2D eigenvalue weighted by Gasteiger charge is -2.36. The Balaban J connectivity index is 2.13. The number of aliphatic hydroxyl groups excluding tert-OH is 1. The third-order valence-electron chi connectivity index (χ3n) is 3.38. The van der Waals surface area contributed by atoms with Gasteiger partial charge in [-0.25, -0.2) is 4.79 Å². The molecule has 1 saturated heterocycles. The molecule has 0 unspecified atom stereocenters. The van der Waals surface area contributed by atoms with E-state index >= 15 is 0 Å². The molecule has 6 heteroatoms. The van der Waals surface area contributed by atoms with Gasteiger partial charge in [-0.2, -0.15) is 0 Å². The van der Waals surface area contributed by atoms with Crippen LogP contribution in [-0.4, -0.2) is 60.4 Å². The number of hydrogen-bond acceptors (Lipinski definition) is 5. The number of carbonyl (C=O) groups is 1. The van der Waals surface area contributed by atoms with Crippen LogP contribution in [0.2, 0.25) is 0 Å². The van der Waals surface area contributed by atoms with Crippen LogP contribution in [0, 0.1) is 0 Å². The molecule has 104 valence electrons. The van der Waals surface area contributed by atoms with Gasteiger partial charge < -0.3 is 20.8 Å². The van der Waals surface area contributed by atoms with Crippen LogP contribution in [-0.2, 0) is 0 Å². The molecule has 6 nitrogen and oxygen atoms in total. The Labute approximate surface area is 112 Å². The summed E-state index contributed by atoms with van der Waals surface area (Å²) in [6.07, 6.45) is 0. The number of β-amino-alcohol motifs (C(OH)–C–C–N with tert-alkyl or cyclic N) is 1. The molecule has 1 aliphatic heterocycles. The fourth-order valence-corrected chi connectivity index (χ4v) is 2.35. The highest BCUT2D eigenvalue weighted by Gasteiger charge is 2.21. The summed E-state index contributed by atoms with van der Waals surface area (Å²) in [5.74, 6) is -0.958. The molecule has 1 aliphatic rings. The minimum Gasteiger partial charge on any atom is -0.478 e. The predicted molar refractivity (Wildman–Crippen MR) is 73.6 cm³/mol. The van der Waals surface area contributed by atoms with E-state index in [1.807, 2.05) is 0 Å². The molecule has 0 saturated carbocycles. The number of aliphatic hydroxyl groups is 1. The fraction of sp³-hybridized carbons (Fsp3) is 0.462. The van der Waals surface area contributed by atoms with Crippen LogP contribution in [0.5, 0.6) is 0 Å². The number of nitrogens with two attached hydrogens (primary N) is 1. The van der Waals surface area contributed by atoms with Gasteiger partial charge >= 0.3 is 5.97 Å². The molecule has 0 aliphatic carbocycles. The maximum Gasteiger partial charge on any atom is 0.337 e. The maximum absolute atomic E-state index is 11.3. The Hall–Kier alpha value is -1.79. The number of rotatable bonds is 4. The second-order valence-corrected chi connectivity index (χ2v) is 4.63. The van der Waals surface area contributed by atoms with E-state index in [0.29, 0.717) is 17.9 Å². The van der Waals surface area contributed by atoms with E-state index in [9.17, 15) is 9.90 Å². The van der Waals surface area contributed by atoms with E-state index < -0.39 is 5.97 Å². The molecule has 0 spiro atoms. The van der Waals surface area contributed by atoms with E-state index in [1.54, 1.807) is 12.1 Å².